The molecule has 0 fully saturated rings. The Morgan fingerprint density at radius 1 is 1.05 bits per heavy atom. The molecule has 1 heterocycles. The zero-order chi connectivity index (χ0) is 14.8. The maximum absolute atomic E-state index is 12.3. The average Bonchev–Trinajstić information content (AvgIpc) is 2.92. The van der Waals surface area contributed by atoms with Crippen LogP contribution in [-0.2, 0) is 0 Å². The van der Waals surface area contributed by atoms with E-state index in [1.54, 1.807) is 0 Å². The van der Waals surface area contributed by atoms with Gasteiger partial charge in [-0.25, -0.2) is 0 Å². The van der Waals surface area contributed by atoms with Crippen LogP contribution >= 0.6 is 0 Å². The lowest BCUT2D eigenvalue weighted by molar-refractivity contribution is 0.102. The second-order valence-electron chi connectivity index (χ2n) is 5.50. The largest absolute Gasteiger partial charge is 0.351 e. The van der Waals surface area contributed by atoms with Crippen LogP contribution in [0, 0.1) is 0 Å². The van der Waals surface area contributed by atoms with E-state index in [1.807, 2.05) is 54.6 Å². The van der Waals surface area contributed by atoms with Crippen molar-refractivity contribution in [2.24, 2.45) is 0 Å². The third kappa shape index (κ3) is 2.82. The van der Waals surface area contributed by atoms with Crippen LogP contribution in [-0.4, -0.2) is 10.9 Å². The zero-order valence-electron chi connectivity index (χ0n) is 12.2. The van der Waals surface area contributed by atoms with Gasteiger partial charge in [0, 0.05) is 16.6 Å². The molecule has 2 aromatic carbocycles. The van der Waals surface area contributed by atoms with Crippen molar-refractivity contribution < 1.29 is 4.79 Å². The number of anilines is 1. The first kappa shape index (κ1) is 13.4. The number of fused-ring (bicyclic) bond motifs is 1. The number of para-hydroxylation sites is 1. The maximum atomic E-state index is 12.3. The zero-order valence-corrected chi connectivity index (χ0v) is 12.2. The third-order valence-corrected chi connectivity index (χ3v) is 3.61. The number of hydrogen-bond acceptors (Lipinski definition) is 1. The van der Waals surface area contributed by atoms with Crippen LogP contribution in [0.2, 0.25) is 0 Å². The molecule has 1 aromatic heterocycles. The highest BCUT2D eigenvalue weighted by molar-refractivity contribution is 6.05. The van der Waals surface area contributed by atoms with Gasteiger partial charge < -0.3 is 10.3 Å². The van der Waals surface area contributed by atoms with Gasteiger partial charge in [-0.3, -0.25) is 4.79 Å². The van der Waals surface area contributed by atoms with Gasteiger partial charge in [0.2, 0.25) is 0 Å². The highest BCUT2D eigenvalue weighted by atomic mass is 16.1. The molecule has 0 saturated heterocycles. The Morgan fingerprint density at radius 2 is 1.76 bits per heavy atom. The van der Waals surface area contributed by atoms with Gasteiger partial charge in [-0.15, -0.1) is 0 Å². The van der Waals surface area contributed by atoms with E-state index in [2.05, 4.69) is 24.1 Å². The van der Waals surface area contributed by atoms with Crippen LogP contribution in [0.3, 0.4) is 0 Å². The van der Waals surface area contributed by atoms with Gasteiger partial charge in [0.05, 0.1) is 0 Å². The molecule has 3 nitrogen and oxygen atoms in total. The molecule has 0 bridgehead atoms. The van der Waals surface area contributed by atoms with Gasteiger partial charge in [0.25, 0.3) is 5.91 Å². The number of rotatable bonds is 3. The van der Waals surface area contributed by atoms with Crippen LogP contribution in [0.4, 0.5) is 5.69 Å². The second kappa shape index (κ2) is 5.44. The van der Waals surface area contributed by atoms with E-state index in [4.69, 9.17) is 0 Å². The molecule has 0 aliphatic rings. The minimum atomic E-state index is -0.122. The Hall–Kier alpha value is -2.55. The number of carbonyl (C=O) groups is 1. The predicted molar refractivity (Wildman–Crippen MR) is 86.8 cm³/mol. The van der Waals surface area contributed by atoms with Crippen LogP contribution in [0.25, 0.3) is 10.9 Å². The standard InChI is InChI=1S/C18H18N2O/c1-12(2)13-7-9-15(10-8-13)19-18(21)17-11-14-5-3-4-6-16(14)20-17/h3-12,20H,1-2H3,(H,19,21). The van der Waals surface area contributed by atoms with Crippen molar-refractivity contribution in [3.63, 3.8) is 0 Å². The minimum Gasteiger partial charge on any atom is -0.351 e. The van der Waals surface area contributed by atoms with E-state index in [0.29, 0.717) is 11.6 Å². The molecular weight excluding hydrogens is 260 g/mol. The molecule has 0 unspecified atom stereocenters. The lowest BCUT2D eigenvalue weighted by atomic mass is 10.0. The SMILES string of the molecule is CC(C)c1ccc(NC(=O)c2cc3ccccc3[nH]2)cc1. The van der Waals surface area contributed by atoms with E-state index in [9.17, 15) is 4.79 Å². The molecule has 21 heavy (non-hydrogen) atoms. The predicted octanol–water partition coefficient (Wildman–Crippen LogP) is 4.54. The highest BCUT2D eigenvalue weighted by Gasteiger charge is 2.09. The molecule has 3 aromatic rings. The summed E-state index contributed by atoms with van der Waals surface area (Å²) in [5.74, 6) is 0.368. The number of hydrogen-bond donors (Lipinski definition) is 2. The summed E-state index contributed by atoms with van der Waals surface area (Å²) in [7, 11) is 0. The Morgan fingerprint density at radius 3 is 2.43 bits per heavy atom. The van der Waals surface area contributed by atoms with Crippen LogP contribution in [0.15, 0.2) is 54.6 Å². The summed E-state index contributed by atoms with van der Waals surface area (Å²) >= 11 is 0. The topological polar surface area (TPSA) is 44.9 Å². The number of H-pyrrole nitrogens is 1. The van der Waals surface area contributed by atoms with Crippen molar-refractivity contribution in [2.45, 2.75) is 19.8 Å². The van der Waals surface area contributed by atoms with Crippen LogP contribution in [0.1, 0.15) is 35.8 Å². The average molecular weight is 278 g/mol. The fourth-order valence-electron chi connectivity index (χ4n) is 2.35. The fourth-order valence-corrected chi connectivity index (χ4v) is 2.35. The van der Waals surface area contributed by atoms with Gasteiger partial charge >= 0.3 is 0 Å². The first-order chi connectivity index (χ1) is 10.1. The molecule has 0 spiro atoms. The summed E-state index contributed by atoms with van der Waals surface area (Å²) < 4.78 is 0. The molecule has 0 atom stereocenters. The summed E-state index contributed by atoms with van der Waals surface area (Å²) in [4.78, 5) is 15.4. The molecule has 3 heteroatoms. The first-order valence-corrected chi connectivity index (χ1v) is 7.12. The van der Waals surface area contributed by atoms with Crippen LogP contribution < -0.4 is 5.32 Å². The van der Waals surface area contributed by atoms with Crippen molar-refractivity contribution in [3.8, 4) is 0 Å². The van der Waals surface area contributed by atoms with E-state index in [-0.39, 0.29) is 5.91 Å². The molecule has 0 aliphatic carbocycles. The Balaban J connectivity index is 1.79. The summed E-state index contributed by atoms with van der Waals surface area (Å²) in [5.41, 5.74) is 3.61. The summed E-state index contributed by atoms with van der Waals surface area (Å²) in [6.45, 7) is 4.30. The second-order valence-corrected chi connectivity index (χ2v) is 5.50. The van der Waals surface area contributed by atoms with Gasteiger partial charge in [0.15, 0.2) is 0 Å². The lowest BCUT2D eigenvalue weighted by Gasteiger charge is -2.07. The number of aromatic amines is 1. The van der Waals surface area contributed by atoms with Crippen LogP contribution in [0.5, 0.6) is 0 Å². The molecule has 106 valence electrons. The highest BCUT2D eigenvalue weighted by Crippen LogP contribution is 2.19. The molecule has 0 saturated carbocycles. The number of carbonyl (C=O) groups excluding carboxylic acids is 1. The Bertz CT molecular complexity index is 736. The van der Waals surface area contributed by atoms with Crippen molar-refractivity contribution in [2.75, 3.05) is 5.32 Å². The molecule has 0 aliphatic heterocycles. The lowest BCUT2D eigenvalue weighted by Crippen LogP contribution is -2.12. The Labute approximate surface area is 124 Å². The van der Waals surface area contributed by atoms with Gasteiger partial charge in [0.1, 0.15) is 5.69 Å². The smallest absolute Gasteiger partial charge is 0.272 e. The maximum Gasteiger partial charge on any atom is 0.272 e. The summed E-state index contributed by atoms with van der Waals surface area (Å²) in [5, 5.41) is 3.95. The van der Waals surface area contributed by atoms with Crippen molar-refractivity contribution in [1.29, 1.82) is 0 Å². The Kier molecular flexibility index (Phi) is 3.48. The molecular formula is C18H18N2O. The number of amides is 1. The van der Waals surface area contributed by atoms with E-state index < -0.39 is 0 Å². The minimum absolute atomic E-state index is 0.122. The summed E-state index contributed by atoms with van der Waals surface area (Å²) in [6, 6.07) is 17.7. The van der Waals surface area contributed by atoms with Crippen molar-refractivity contribution >= 4 is 22.5 Å². The quantitative estimate of drug-likeness (QED) is 0.725. The molecule has 2 N–H and O–H groups in total. The van der Waals surface area contributed by atoms with Gasteiger partial charge in [-0.1, -0.05) is 44.2 Å². The monoisotopic (exact) mass is 278 g/mol. The number of benzene rings is 2. The fraction of sp³-hybridized carbons (Fsp3) is 0.167. The number of nitrogens with one attached hydrogen (secondary N) is 2. The van der Waals surface area contributed by atoms with Crippen molar-refractivity contribution in [1.82, 2.24) is 4.98 Å². The molecule has 1 amide bonds. The first-order valence-electron chi connectivity index (χ1n) is 7.12. The van der Waals surface area contributed by atoms with E-state index in [0.717, 1.165) is 16.6 Å². The van der Waals surface area contributed by atoms with E-state index >= 15 is 0 Å². The molecule has 3 rings (SSSR count). The van der Waals surface area contributed by atoms with Gasteiger partial charge in [-0.05, 0) is 35.7 Å². The van der Waals surface area contributed by atoms with Gasteiger partial charge in [-0.2, -0.15) is 0 Å². The third-order valence-electron chi connectivity index (χ3n) is 3.61. The molecule has 0 radical (unpaired) electrons. The normalized spacial score (nSPS) is 11.0. The van der Waals surface area contributed by atoms with E-state index in [1.165, 1.54) is 5.56 Å². The van der Waals surface area contributed by atoms with Crippen molar-refractivity contribution in [3.05, 3.63) is 65.9 Å². The summed E-state index contributed by atoms with van der Waals surface area (Å²) in [6.07, 6.45) is 0. The number of aromatic nitrogens is 1.